The van der Waals surface area contributed by atoms with Crippen molar-refractivity contribution in [3.05, 3.63) is 0 Å². The van der Waals surface area contributed by atoms with E-state index < -0.39 is 0 Å². The average molecular weight is 298 g/mol. The molecule has 0 heterocycles. The number of nitrogens with one attached hydrogen (secondary N) is 1. The van der Waals surface area contributed by atoms with Crippen LogP contribution in [0.1, 0.15) is 73.6 Å². The Hall–Kier alpha value is -0.0800. The summed E-state index contributed by atoms with van der Waals surface area (Å²) in [5, 5.41) is 3.61. The summed E-state index contributed by atoms with van der Waals surface area (Å²) >= 11 is 0. The van der Waals surface area contributed by atoms with Crippen LogP contribution in [0.5, 0.6) is 0 Å². The Bertz CT molecular complexity index is 264. The lowest BCUT2D eigenvalue weighted by Crippen LogP contribution is -2.37. The van der Waals surface area contributed by atoms with E-state index in [0.717, 1.165) is 36.8 Å². The van der Waals surface area contributed by atoms with Crippen molar-refractivity contribution in [2.75, 3.05) is 13.2 Å². The van der Waals surface area contributed by atoms with Crippen molar-refractivity contribution in [2.24, 2.45) is 23.7 Å². The van der Waals surface area contributed by atoms with Gasteiger partial charge in [0.05, 0.1) is 12.7 Å². The predicted octanol–water partition coefficient (Wildman–Crippen LogP) is 4.88. The molecule has 0 saturated heterocycles. The minimum absolute atomic E-state index is 0.488. The molecule has 0 aromatic rings. The molecule has 21 heavy (non-hydrogen) atoms. The Morgan fingerprint density at radius 1 is 1.05 bits per heavy atom. The van der Waals surface area contributed by atoms with E-state index in [1.165, 1.54) is 32.1 Å². The maximum atomic E-state index is 6.24. The van der Waals surface area contributed by atoms with Crippen molar-refractivity contribution in [2.45, 2.75) is 85.8 Å². The third kappa shape index (κ3) is 7.65. The molecule has 1 saturated carbocycles. The normalized spacial score (nSPS) is 28.3. The van der Waals surface area contributed by atoms with Crippen LogP contribution in [0.15, 0.2) is 0 Å². The first kappa shape index (κ1) is 19.0. The molecule has 1 fully saturated rings. The van der Waals surface area contributed by atoms with Gasteiger partial charge in [-0.1, -0.05) is 41.0 Å². The topological polar surface area (TPSA) is 21.3 Å². The van der Waals surface area contributed by atoms with Gasteiger partial charge in [0, 0.05) is 12.6 Å². The van der Waals surface area contributed by atoms with Gasteiger partial charge in [-0.25, -0.2) is 0 Å². The summed E-state index contributed by atoms with van der Waals surface area (Å²) in [6.07, 6.45) is 7.05. The molecule has 0 radical (unpaired) electrons. The average Bonchev–Trinajstić information content (AvgIpc) is 2.41. The summed E-state index contributed by atoms with van der Waals surface area (Å²) in [5.74, 6) is 3.16. The van der Waals surface area contributed by atoms with Gasteiger partial charge in [-0.3, -0.25) is 0 Å². The SMILES string of the molecule is CC(C)CCC(C)NCCOC1CC(C)CCC1C(C)C. The first-order valence-corrected chi connectivity index (χ1v) is 9.25. The number of rotatable bonds is 9. The monoisotopic (exact) mass is 297 g/mol. The minimum atomic E-state index is 0.488. The summed E-state index contributed by atoms with van der Waals surface area (Å²) in [6.45, 7) is 15.8. The van der Waals surface area contributed by atoms with Gasteiger partial charge in [0.2, 0.25) is 0 Å². The van der Waals surface area contributed by atoms with Crippen LogP contribution in [0.3, 0.4) is 0 Å². The van der Waals surface area contributed by atoms with Gasteiger partial charge in [-0.15, -0.1) is 0 Å². The second-order valence-corrected chi connectivity index (χ2v) is 8.06. The van der Waals surface area contributed by atoms with Crippen molar-refractivity contribution in [3.63, 3.8) is 0 Å². The van der Waals surface area contributed by atoms with E-state index in [2.05, 4.69) is 46.9 Å². The highest BCUT2D eigenvalue weighted by atomic mass is 16.5. The van der Waals surface area contributed by atoms with Crippen molar-refractivity contribution in [1.82, 2.24) is 5.32 Å². The summed E-state index contributed by atoms with van der Waals surface area (Å²) in [7, 11) is 0. The minimum Gasteiger partial charge on any atom is -0.377 e. The highest BCUT2D eigenvalue weighted by molar-refractivity contribution is 4.81. The van der Waals surface area contributed by atoms with Crippen LogP contribution in [0, 0.1) is 23.7 Å². The van der Waals surface area contributed by atoms with E-state index in [9.17, 15) is 0 Å². The zero-order valence-corrected chi connectivity index (χ0v) is 15.3. The van der Waals surface area contributed by atoms with E-state index in [0.29, 0.717) is 12.1 Å². The highest BCUT2D eigenvalue weighted by Gasteiger charge is 2.31. The quantitative estimate of drug-likeness (QED) is 0.613. The third-order valence-corrected chi connectivity index (χ3v) is 5.07. The molecule has 4 unspecified atom stereocenters. The Labute approximate surface area is 133 Å². The first-order valence-electron chi connectivity index (χ1n) is 9.25. The van der Waals surface area contributed by atoms with Gasteiger partial charge < -0.3 is 10.1 Å². The molecule has 1 aliphatic carbocycles. The largest absolute Gasteiger partial charge is 0.377 e. The molecule has 1 N–H and O–H groups in total. The van der Waals surface area contributed by atoms with Crippen LogP contribution in [0.2, 0.25) is 0 Å². The fraction of sp³-hybridized carbons (Fsp3) is 1.00. The van der Waals surface area contributed by atoms with E-state index in [1.54, 1.807) is 0 Å². The molecule has 4 atom stereocenters. The summed E-state index contributed by atoms with van der Waals surface area (Å²) < 4.78 is 6.24. The maximum Gasteiger partial charge on any atom is 0.0608 e. The number of hydrogen-bond donors (Lipinski definition) is 1. The Morgan fingerprint density at radius 3 is 2.38 bits per heavy atom. The van der Waals surface area contributed by atoms with Crippen molar-refractivity contribution < 1.29 is 4.74 Å². The predicted molar refractivity (Wildman–Crippen MR) is 92.6 cm³/mol. The Balaban J connectivity index is 2.20. The van der Waals surface area contributed by atoms with Gasteiger partial charge in [0.1, 0.15) is 0 Å². The molecule has 0 aliphatic heterocycles. The van der Waals surface area contributed by atoms with Crippen LogP contribution in [-0.2, 0) is 4.74 Å². The molecule has 0 spiro atoms. The first-order chi connectivity index (χ1) is 9.90. The van der Waals surface area contributed by atoms with E-state index in [1.807, 2.05) is 0 Å². The Kier molecular flexibility index (Phi) is 8.89. The molecule has 0 amide bonds. The molecule has 2 heteroatoms. The molecule has 1 rings (SSSR count). The van der Waals surface area contributed by atoms with Gasteiger partial charge in [0.25, 0.3) is 0 Å². The summed E-state index contributed by atoms with van der Waals surface area (Å²) in [4.78, 5) is 0. The molecular formula is C19H39NO. The number of hydrogen-bond acceptors (Lipinski definition) is 2. The van der Waals surface area contributed by atoms with Crippen LogP contribution in [0.4, 0.5) is 0 Å². The van der Waals surface area contributed by atoms with E-state index >= 15 is 0 Å². The second kappa shape index (κ2) is 9.84. The molecule has 2 nitrogen and oxygen atoms in total. The van der Waals surface area contributed by atoms with Gasteiger partial charge >= 0.3 is 0 Å². The summed E-state index contributed by atoms with van der Waals surface area (Å²) in [5.41, 5.74) is 0. The van der Waals surface area contributed by atoms with Crippen LogP contribution < -0.4 is 5.32 Å². The zero-order valence-electron chi connectivity index (χ0n) is 15.3. The van der Waals surface area contributed by atoms with E-state index in [4.69, 9.17) is 4.74 Å². The lowest BCUT2D eigenvalue weighted by Gasteiger charge is -2.37. The molecule has 0 aromatic heterocycles. The second-order valence-electron chi connectivity index (χ2n) is 8.06. The molecular weight excluding hydrogens is 258 g/mol. The van der Waals surface area contributed by atoms with Gasteiger partial charge in [-0.05, 0) is 56.3 Å². The maximum absolute atomic E-state index is 6.24. The van der Waals surface area contributed by atoms with E-state index in [-0.39, 0.29) is 0 Å². The molecule has 1 aliphatic rings. The molecule has 0 aromatic carbocycles. The fourth-order valence-corrected chi connectivity index (χ4v) is 3.51. The lowest BCUT2D eigenvalue weighted by atomic mass is 9.75. The third-order valence-electron chi connectivity index (χ3n) is 5.07. The fourth-order valence-electron chi connectivity index (χ4n) is 3.51. The van der Waals surface area contributed by atoms with Crippen LogP contribution in [-0.4, -0.2) is 25.3 Å². The van der Waals surface area contributed by atoms with Crippen molar-refractivity contribution >= 4 is 0 Å². The summed E-state index contributed by atoms with van der Waals surface area (Å²) in [6, 6.07) is 0.613. The van der Waals surface area contributed by atoms with Crippen molar-refractivity contribution in [3.8, 4) is 0 Å². The molecule has 126 valence electrons. The van der Waals surface area contributed by atoms with Crippen LogP contribution >= 0.6 is 0 Å². The lowest BCUT2D eigenvalue weighted by molar-refractivity contribution is -0.0371. The Morgan fingerprint density at radius 2 is 1.76 bits per heavy atom. The zero-order chi connectivity index (χ0) is 15.8. The van der Waals surface area contributed by atoms with Crippen LogP contribution in [0.25, 0.3) is 0 Å². The standard InChI is InChI=1S/C19H39NO/c1-14(2)7-9-17(6)20-11-12-21-19-13-16(5)8-10-18(19)15(3)4/h14-20H,7-13H2,1-6H3. The number of ether oxygens (including phenoxy) is 1. The highest BCUT2D eigenvalue weighted by Crippen LogP contribution is 2.35. The van der Waals surface area contributed by atoms with Gasteiger partial charge in [-0.2, -0.15) is 0 Å². The van der Waals surface area contributed by atoms with Crippen molar-refractivity contribution in [1.29, 1.82) is 0 Å². The molecule has 0 bridgehead atoms. The van der Waals surface area contributed by atoms with Gasteiger partial charge in [0.15, 0.2) is 0 Å². The smallest absolute Gasteiger partial charge is 0.0608 e.